The van der Waals surface area contributed by atoms with E-state index in [0.29, 0.717) is 3.57 Å². The Balaban J connectivity index is 2.17. The van der Waals surface area contributed by atoms with E-state index in [2.05, 4.69) is 10.6 Å². The quantitative estimate of drug-likeness (QED) is 0.334. The van der Waals surface area contributed by atoms with Crippen molar-refractivity contribution in [1.29, 1.82) is 0 Å². The highest BCUT2D eigenvalue weighted by Crippen LogP contribution is 2.20. The number of halogens is 1. The molecule has 0 aromatic heterocycles. The van der Waals surface area contributed by atoms with Crippen LogP contribution >= 0.6 is 22.6 Å². The number of rotatable bonds is 3. The Morgan fingerprint density at radius 2 is 2.14 bits per heavy atom. The van der Waals surface area contributed by atoms with Gasteiger partial charge in [0.1, 0.15) is 6.04 Å². The topological polar surface area (TPSA) is 118 Å². The van der Waals surface area contributed by atoms with Gasteiger partial charge in [-0.25, -0.2) is 0 Å². The van der Waals surface area contributed by atoms with Crippen LogP contribution in [0.1, 0.15) is 23.2 Å². The van der Waals surface area contributed by atoms with E-state index >= 15 is 0 Å². The van der Waals surface area contributed by atoms with Gasteiger partial charge in [0.25, 0.3) is 11.6 Å². The molecule has 9 heteroatoms. The summed E-state index contributed by atoms with van der Waals surface area (Å²) in [6.07, 6.45) is 0.352. The number of amides is 3. The lowest BCUT2D eigenvalue weighted by Crippen LogP contribution is -2.52. The summed E-state index contributed by atoms with van der Waals surface area (Å²) in [6, 6.07) is 3.09. The van der Waals surface area contributed by atoms with Crippen LogP contribution in [0.2, 0.25) is 0 Å². The second-order valence-electron chi connectivity index (χ2n) is 4.40. The molecule has 1 unspecified atom stereocenters. The van der Waals surface area contributed by atoms with Crippen LogP contribution in [0.15, 0.2) is 18.2 Å². The number of carbonyl (C=O) groups excluding carboxylic acids is 3. The molecule has 0 radical (unpaired) electrons. The van der Waals surface area contributed by atoms with E-state index in [9.17, 15) is 24.5 Å². The molecule has 1 atom stereocenters. The van der Waals surface area contributed by atoms with Crippen molar-refractivity contribution in [1.82, 2.24) is 10.6 Å². The molecule has 0 aliphatic carbocycles. The second kappa shape index (κ2) is 6.16. The van der Waals surface area contributed by atoms with Crippen LogP contribution in [0.3, 0.4) is 0 Å². The van der Waals surface area contributed by atoms with Gasteiger partial charge >= 0.3 is 0 Å². The largest absolute Gasteiger partial charge is 0.340 e. The molecular formula is C12H10IN3O5. The molecule has 110 valence electrons. The Hall–Kier alpha value is -2.04. The lowest BCUT2D eigenvalue weighted by atomic mass is 10.1. The minimum Gasteiger partial charge on any atom is -0.340 e. The van der Waals surface area contributed by atoms with Crippen molar-refractivity contribution in [3.8, 4) is 0 Å². The van der Waals surface area contributed by atoms with E-state index < -0.39 is 22.8 Å². The highest BCUT2D eigenvalue weighted by molar-refractivity contribution is 14.1. The summed E-state index contributed by atoms with van der Waals surface area (Å²) in [5.74, 6) is -1.53. The minimum absolute atomic E-state index is 0.120. The third-order valence-corrected chi connectivity index (χ3v) is 3.89. The summed E-state index contributed by atoms with van der Waals surface area (Å²) in [5, 5.41) is 15.3. The van der Waals surface area contributed by atoms with Gasteiger partial charge < -0.3 is 5.32 Å². The van der Waals surface area contributed by atoms with Crippen LogP contribution in [0.5, 0.6) is 0 Å². The maximum absolute atomic E-state index is 12.1. The number of benzene rings is 1. The summed E-state index contributed by atoms with van der Waals surface area (Å²) in [5.41, 5.74) is -0.0849. The fourth-order valence-corrected chi connectivity index (χ4v) is 2.45. The van der Waals surface area contributed by atoms with Crippen molar-refractivity contribution in [3.05, 3.63) is 37.4 Å². The van der Waals surface area contributed by atoms with Gasteiger partial charge in [-0.05, 0) is 35.1 Å². The van der Waals surface area contributed by atoms with Gasteiger partial charge in [-0.2, -0.15) is 0 Å². The van der Waals surface area contributed by atoms with Gasteiger partial charge in [0.05, 0.1) is 10.5 Å². The predicted molar refractivity (Wildman–Crippen MR) is 79.5 cm³/mol. The molecule has 2 rings (SSSR count). The molecule has 0 saturated carbocycles. The van der Waals surface area contributed by atoms with Crippen LogP contribution in [-0.2, 0) is 9.59 Å². The maximum Gasteiger partial charge on any atom is 0.270 e. The molecule has 3 amide bonds. The van der Waals surface area contributed by atoms with E-state index in [4.69, 9.17) is 0 Å². The molecular weight excluding hydrogens is 393 g/mol. The molecule has 1 aliphatic rings. The number of piperidine rings is 1. The summed E-state index contributed by atoms with van der Waals surface area (Å²) in [4.78, 5) is 44.9. The van der Waals surface area contributed by atoms with Crippen molar-refractivity contribution < 1.29 is 19.3 Å². The minimum atomic E-state index is -0.815. The van der Waals surface area contributed by atoms with Crippen molar-refractivity contribution >= 4 is 46.0 Å². The fraction of sp³-hybridized carbons (Fsp3) is 0.250. The Labute approximate surface area is 132 Å². The Kier molecular flexibility index (Phi) is 4.50. The SMILES string of the molecule is O=C1CCC(NC(=O)c2cc([N+](=O)[O-])ccc2I)C(=O)N1. The second-order valence-corrected chi connectivity index (χ2v) is 5.56. The maximum atomic E-state index is 12.1. The third-order valence-electron chi connectivity index (χ3n) is 2.95. The molecule has 2 N–H and O–H groups in total. The monoisotopic (exact) mass is 403 g/mol. The van der Waals surface area contributed by atoms with Crippen molar-refractivity contribution in [3.63, 3.8) is 0 Å². The molecule has 1 aromatic carbocycles. The van der Waals surface area contributed by atoms with Crippen LogP contribution in [0.4, 0.5) is 5.69 Å². The van der Waals surface area contributed by atoms with Crippen LogP contribution in [0, 0.1) is 13.7 Å². The average molecular weight is 403 g/mol. The molecule has 1 saturated heterocycles. The lowest BCUT2D eigenvalue weighted by molar-refractivity contribution is -0.384. The van der Waals surface area contributed by atoms with Gasteiger partial charge in [0.15, 0.2) is 0 Å². The van der Waals surface area contributed by atoms with Crippen LogP contribution in [-0.4, -0.2) is 28.7 Å². The Bertz CT molecular complexity index is 646. The van der Waals surface area contributed by atoms with Crippen molar-refractivity contribution in [2.45, 2.75) is 18.9 Å². The van der Waals surface area contributed by atoms with E-state index in [1.807, 2.05) is 22.6 Å². The van der Waals surface area contributed by atoms with Gasteiger partial charge in [0, 0.05) is 22.1 Å². The van der Waals surface area contributed by atoms with Crippen molar-refractivity contribution in [2.24, 2.45) is 0 Å². The molecule has 21 heavy (non-hydrogen) atoms. The van der Waals surface area contributed by atoms with E-state index in [1.54, 1.807) is 0 Å². The fourth-order valence-electron chi connectivity index (χ4n) is 1.87. The summed E-state index contributed by atoms with van der Waals surface area (Å²) >= 11 is 1.88. The molecule has 0 spiro atoms. The first kappa shape index (κ1) is 15.4. The molecule has 1 fully saturated rings. The molecule has 1 aliphatic heterocycles. The number of imide groups is 1. The average Bonchev–Trinajstić information content (AvgIpc) is 2.42. The van der Waals surface area contributed by atoms with Crippen LogP contribution < -0.4 is 10.6 Å². The number of carbonyl (C=O) groups is 3. The summed E-state index contributed by atoms with van der Waals surface area (Å²) < 4.78 is 0.531. The highest BCUT2D eigenvalue weighted by atomic mass is 127. The predicted octanol–water partition coefficient (Wildman–Crippen LogP) is 0.734. The standard InChI is InChI=1S/C12H10IN3O5/c13-8-2-1-6(16(20)21)5-7(8)11(18)14-9-3-4-10(17)15-12(9)19/h1-2,5,9H,3-4H2,(H,14,18)(H,15,17,19). The smallest absolute Gasteiger partial charge is 0.270 e. The van der Waals surface area contributed by atoms with Gasteiger partial charge in [0.2, 0.25) is 11.8 Å². The number of nitrogens with zero attached hydrogens (tertiary/aromatic N) is 1. The van der Waals surface area contributed by atoms with Gasteiger partial charge in [-0.15, -0.1) is 0 Å². The first-order chi connectivity index (χ1) is 9.88. The summed E-state index contributed by atoms with van der Waals surface area (Å²) in [7, 11) is 0. The number of nitrogens with one attached hydrogen (secondary N) is 2. The normalized spacial score (nSPS) is 18.0. The number of nitro benzene ring substituents is 1. The van der Waals surface area contributed by atoms with E-state index in [-0.39, 0.29) is 30.0 Å². The first-order valence-electron chi connectivity index (χ1n) is 5.97. The number of hydrogen-bond acceptors (Lipinski definition) is 5. The van der Waals surface area contributed by atoms with Gasteiger partial charge in [-0.3, -0.25) is 29.8 Å². The molecule has 0 bridgehead atoms. The number of hydrogen-bond donors (Lipinski definition) is 2. The Morgan fingerprint density at radius 1 is 1.43 bits per heavy atom. The lowest BCUT2D eigenvalue weighted by Gasteiger charge is -2.21. The van der Waals surface area contributed by atoms with Crippen molar-refractivity contribution in [2.75, 3.05) is 0 Å². The van der Waals surface area contributed by atoms with Crippen LogP contribution in [0.25, 0.3) is 0 Å². The summed E-state index contributed by atoms with van der Waals surface area (Å²) in [6.45, 7) is 0. The first-order valence-corrected chi connectivity index (χ1v) is 7.05. The zero-order valence-corrected chi connectivity index (χ0v) is 12.7. The highest BCUT2D eigenvalue weighted by Gasteiger charge is 2.28. The van der Waals surface area contributed by atoms with Gasteiger partial charge in [-0.1, -0.05) is 0 Å². The molecule has 1 aromatic rings. The Morgan fingerprint density at radius 3 is 2.76 bits per heavy atom. The molecule has 8 nitrogen and oxygen atoms in total. The number of nitro groups is 1. The van der Waals surface area contributed by atoms with E-state index in [1.165, 1.54) is 12.1 Å². The third kappa shape index (κ3) is 3.54. The van der Waals surface area contributed by atoms with E-state index in [0.717, 1.165) is 6.07 Å². The zero-order chi connectivity index (χ0) is 15.6. The number of non-ortho nitro benzene ring substituents is 1. The zero-order valence-electron chi connectivity index (χ0n) is 10.6. The molecule has 1 heterocycles.